The van der Waals surface area contributed by atoms with Gasteiger partial charge in [0, 0.05) is 0 Å². The molecule has 0 spiro atoms. The maximum absolute atomic E-state index is 12.8. The van der Waals surface area contributed by atoms with Crippen molar-refractivity contribution in [2.24, 2.45) is 0 Å². The Morgan fingerprint density at radius 2 is 2.00 bits per heavy atom. The number of nitrogens with zero attached hydrogens (tertiary/aromatic N) is 2. The minimum atomic E-state index is -3.92. The van der Waals surface area contributed by atoms with Crippen molar-refractivity contribution in [1.82, 2.24) is 4.31 Å². The van der Waals surface area contributed by atoms with E-state index in [1.165, 1.54) is 18.4 Å². The molecule has 0 N–H and O–H groups in total. The van der Waals surface area contributed by atoms with Crippen LogP contribution in [-0.2, 0) is 26.1 Å². The summed E-state index contributed by atoms with van der Waals surface area (Å²) in [6, 6.07) is 11.2. The second-order valence-electron chi connectivity index (χ2n) is 4.98. The van der Waals surface area contributed by atoms with Crippen molar-refractivity contribution in [3.05, 3.63) is 54.0 Å². The molecule has 0 aliphatic carbocycles. The molecule has 0 saturated carbocycles. The monoisotopic (exact) mass is 348 g/mol. The second-order valence-corrected chi connectivity index (χ2v) is 6.92. The lowest BCUT2D eigenvalue weighted by Gasteiger charge is -2.20. The number of furan rings is 1. The molecule has 2 aromatic rings. The Kier molecular flexibility index (Phi) is 5.73. The van der Waals surface area contributed by atoms with Gasteiger partial charge in [-0.1, -0.05) is 17.7 Å². The second kappa shape index (κ2) is 7.77. The molecule has 0 aliphatic heterocycles. The third-order valence-corrected chi connectivity index (χ3v) is 4.98. The van der Waals surface area contributed by atoms with Crippen LogP contribution in [0.1, 0.15) is 11.3 Å². The first-order valence-corrected chi connectivity index (χ1v) is 8.49. The molecule has 8 heteroatoms. The van der Waals surface area contributed by atoms with Gasteiger partial charge in [-0.2, -0.15) is 9.57 Å². The zero-order chi connectivity index (χ0) is 17.6. The summed E-state index contributed by atoms with van der Waals surface area (Å²) >= 11 is 0. The number of carbonyl (C=O) groups is 1. The van der Waals surface area contributed by atoms with E-state index < -0.39 is 29.1 Å². The minimum absolute atomic E-state index is 0.0627. The molecule has 2 rings (SSSR count). The summed E-state index contributed by atoms with van der Waals surface area (Å²) in [4.78, 5) is 11.8. The summed E-state index contributed by atoms with van der Waals surface area (Å²) < 4.78 is 36.4. The Labute approximate surface area is 140 Å². The zero-order valence-corrected chi connectivity index (χ0v) is 13.8. The van der Waals surface area contributed by atoms with Crippen LogP contribution in [0.3, 0.4) is 0 Å². The van der Waals surface area contributed by atoms with Crippen molar-refractivity contribution in [3.63, 3.8) is 0 Å². The average Bonchev–Trinajstić information content (AvgIpc) is 3.06. The lowest BCUT2D eigenvalue weighted by Crippen LogP contribution is -2.36. The van der Waals surface area contributed by atoms with Gasteiger partial charge in [-0.05, 0) is 31.2 Å². The van der Waals surface area contributed by atoms with Gasteiger partial charge in [-0.15, -0.1) is 0 Å². The highest BCUT2D eigenvalue weighted by Crippen LogP contribution is 2.19. The van der Waals surface area contributed by atoms with Gasteiger partial charge < -0.3 is 9.15 Å². The van der Waals surface area contributed by atoms with E-state index in [0.29, 0.717) is 5.76 Å². The summed E-state index contributed by atoms with van der Waals surface area (Å²) in [7, 11) is -3.92. The Morgan fingerprint density at radius 3 is 2.58 bits per heavy atom. The van der Waals surface area contributed by atoms with Gasteiger partial charge in [-0.3, -0.25) is 4.79 Å². The van der Waals surface area contributed by atoms with Gasteiger partial charge in [0.15, 0.2) is 6.61 Å². The molecular weight excluding hydrogens is 332 g/mol. The summed E-state index contributed by atoms with van der Waals surface area (Å²) in [5.41, 5.74) is 0.917. The van der Waals surface area contributed by atoms with Gasteiger partial charge >= 0.3 is 5.97 Å². The maximum Gasteiger partial charge on any atom is 0.322 e. The number of nitriles is 1. The molecule has 0 bridgehead atoms. The minimum Gasteiger partial charge on any atom is -0.468 e. The number of rotatable bonds is 7. The first kappa shape index (κ1) is 17.7. The van der Waals surface area contributed by atoms with Crippen LogP contribution in [0.5, 0.6) is 0 Å². The van der Waals surface area contributed by atoms with Crippen LogP contribution < -0.4 is 0 Å². The van der Waals surface area contributed by atoms with E-state index >= 15 is 0 Å². The largest absolute Gasteiger partial charge is 0.468 e. The normalized spacial score (nSPS) is 11.2. The molecule has 126 valence electrons. The van der Waals surface area contributed by atoms with E-state index in [1.54, 1.807) is 30.3 Å². The van der Waals surface area contributed by atoms with Crippen LogP contribution in [0.25, 0.3) is 0 Å². The number of hydrogen-bond acceptors (Lipinski definition) is 6. The van der Waals surface area contributed by atoms with E-state index in [9.17, 15) is 13.2 Å². The van der Waals surface area contributed by atoms with Crippen LogP contribution in [-0.4, -0.2) is 31.8 Å². The summed E-state index contributed by atoms with van der Waals surface area (Å²) in [6.45, 7) is 0.776. The number of esters is 1. The molecule has 1 aromatic carbocycles. The standard InChI is InChI=1S/C16H16N2O5S/c1-13-4-6-15(7-5-13)24(20,21)18(11-14-3-2-9-22-14)12-16(19)23-10-8-17/h2-7,9H,10-12H2,1H3. The highest BCUT2D eigenvalue weighted by atomic mass is 32.2. The number of carbonyl (C=O) groups excluding carboxylic acids is 1. The number of ether oxygens (including phenoxy) is 1. The fourth-order valence-corrected chi connectivity index (χ4v) is 3.31. The smallest absolute Gasteiger partial charge is 0.322 e. The maximum atomic E-state index is 12.8. The first-order valence-electron chi connectivity index (χ1n) is 7.05. The Bertz CT molecular complexity index is 820. The predicted molar refractivity (Wildman–Crippen MR) is 84.1 cm³/mol. The molecule has 0 amide bonds. The molecule has 0 unspecified atom stereocenters. The van der Waals surface area contributed by atoms with E-state index in [-0.39, 0.29) is 11.4 Å². The van der Waals surface area contributed by atoms with Gasteiger partial charge in [0.25, 0.3) is 0 Å². The van der Waals surface area contributed by atoms with Crippen LogP contribution >= 0.6 is 0 Å². The van der Waals surface area contributed by atoms with Crippen LogP contribution in [0.2, 0.25) is 0 Å². The fourth-order valence-electron chi connectivity index (χ4n) is 1.96. The van der Waals surface area contributed by atoms with Crippen molar-refractivity contribution in [2.45, 2.75) is 18.4 Å². The Morgan fingerprint density at radius 1 is 1.29 bits per heavy atom. The van der Waals surface area contributed by atoms with Crippen molar-refractivity contribution < 1.29 is 22.4 Å². The van der Waals surface area contributed by atoms with Gasteiger partial charge in [0.1, 0.15) is 18.4 Å². The van der Waals surface area contributed by atoms with E-state index in [4.69, 9.17) is 9.68 Å². The van der Waals surface area contributed by atoms with Crippen molar-refractivity contribution >= 4 is 16.0 Å². The topological polar surface area (TPSA) is 101 Å². The quantitative estimate of drug-likeness (QED) is 0.708. The molecule has 24 heavy (non-hydrogen) atoms. The third-order valence-electron chi connectivity index (χ3n) is 3.17. The van der Waals surface area contributed by atoms with Gasteiger partial charge in [0.05, 0.1) is 17.7 Å². The lowest BCUT2D eigenvalue weighted by molar-refractivity contribution is -0.142. The van der Waals surface area contributed by atoms with Crippen LogP contribution in [0.4, 0.5) is 0 Å². The van der Waals surface area contributed by atoms with Crippen LogP contribution in [0.15, 0.2) is 52.0 Å². The van der Waals surface area contributed by atoms with E-state index in [1.807, 2.05) is 6.92 Å². The zero-order valence-electron chi connectivity index (χ0n) is 13.0. The van der Waals surface area contributed by atoms with E-state index in [2.05, 4.69) is 4.74 Å². The summed E-state index contributed by atoms with van der Waals surface area (Å²) in [6.07, 6.45) is 1.42. The van der Waals surface area contributed by atoms with Crippen molar-refractivity contribution in [3.8, 4) is 6.07 Å². The molecule has 0 atom stereocenters. The van der Waals surface area contributed by atoms with Crippen LogP contribution in [0, 0.1) is 18.3 Å². The molecule has 1 heterocycles. The lowest BCUT2D eigenvalue weighted by atomic mass is 10.2. The summed E-state index contributed by atoms with van der Waals surface area (Å²) in [5.74, 6) is -0.419. The van der Waals surface area contributed by atoms with Crippen molar-refractivity contribution in [1.29, 1.82) is 5.26 Å². The number of hydrogen-bond donors (Lipinski definition) is 0. The molecule has 0 aliphatic rings. The van der Waals surface area contributed by atoms with Gasteiger partial charge in [-0.25, -0.2) is 8.42 Å². The molecular formula is C16H16N2O5S. The number of benzene rings is 1. The molecule has 1 aromatic heterocycles. The molecule has 0 fully saturated rings. The number of aryl methyl sites for hydroxylation is 1. The summed E-state index contributed by atoms with van der Waals surface area (Å²) in [5, 5.41) is 8.45. The van der Waals surface area contributed by atoms with E-state index in [0.717, 1.165) is 9.87 Å². The van der Waals surface area contributed by atoms with Crippen molar-refractivity contribution in [2.75, 3.05) is 13.2 Å². The third kappa shape index (κ3) is 4.44. The Balaban J connectivity index is 2.28. The Hall–Kier alpha value is -2.63. The number of sulfonamides is 1. The molecule has 0 saturated heterocycles. The first-order chi connectivity index (χ1) is 11.4. The molecule has 7 nitrogen and oxygen atoms in total. The van der Waals surface area contributed by atoms with Gasteiger partial charge in [0.2, 0.25) is 10.0 Å². The fraction of sp³-hybridized carbons (Fsp3) is 0.250. The predicted octanol–water partition coefficient (Wildman–Crippen LogP) is 1.85. The SMILES string of the molecule is Cc1ccc(S(=O)(=O)N(CC(=O)OCC#N)Cc2ccco2)cc1. The highest BCUT2D eigenvalue weighted by Gasteiger charge is 2.28. The highest BCUT2D eigenvalue weighted by molar-refractivity contribution is 7.89. The molecule has 0 radical (unpaired) electrons. The average molecular weight is 348 g/mol.